The molecule has 1 heterocycles. The topological polar surface area (TPSA) is 18.5 Å². The second-order valence-corrected chi connectivity index (χ2v) is 8.71. The SMILES string of the molecule is C=CCOc1cc(OCc2ccccc2)c(Br)cc1Cc1cc2ccccc2s1. The van der Waals surface area contributed by atoms with Crippen molar-refractivity contribution in [1.82, 2.24) is 0 Å². The van der Waals surface area contributed by atoms with Crippen LogP contribution >= 0.6 is 27.3 Å². The highest BCUT2D eigenvalue weighted by molar-refractivity contribution is 9.10. The summed E-state index contributed by atoms with van der Waals surface area (Å²) in [6.45, 7) is 4.74. The lowest BCUT2D eigenvalue weighted by molar-refractivity contribution is 0.299. The molecule has 0 radical (unpaired) electrons. The van der Waals surface area contributed by atoms with Gasteiger partial charge in [-0.05, 0) is 45.1 Å². The summed E-state index contributed by atoms with van der Waals surface area (Å²) >= 11 is 5.49. The molecule has 4 heteroatoms. The van der Waals surface area contributed by atoms with Gasteiger partial charge in [-0.3, -0.25) is 0 Å². The van der Waals surface area contributed by atoms with E-state index in [4.69, 9.17) is 9.47 Å². The first kappa shape index (κ1) is 19.7. The second kappa shape index (κ2) is 9.29. The molecule has 0 aliphatic heterocycles. The third-order valence-electron chi connectivity index (χ3n) is 4.55. The molecule has 0 unspecified atom stereocenters. The molecule has 0 spiro atoms. The Kier molecular flexibility index (Phi) is 6.33. The Hall–Kier alpha value is -2.56. The van der Waals surface area contributed by atoms with Crippen molar-refractivity contribution < 1.29 is 9.47 Å². The average Bonchev–Trinajstić information content (AvgIpc) is 3.15. The maximum Gasteiger partial charge on any atom is 0.137 e. The van der Waals surface area contributed by atoms with Crippen molar-refractivity contribution >= 4 is 37.4 Å². The highest BCUT2D eigenvalue weighted by Gasteiger charge is 2.13. The zero-order valence-electron chi connectivity index (χ0n) is 15.9. The van der Waals surface area contributed by atoms with Crippen LogP contribution in [-0.4, -0.2) is 6.61 Å². The molecule has 0 saturated carbocycles. The van der Waals surface area contributed by atoms with Crippen LogP contribution in [0.5, 0.6) is 11.5 Å². The molecule has 0 aliphatic carbocycles. The van der Waals surface area contributed by atoms with E-state index in [-0.39, 0.29) is 0 Å². The van der Waals surface area contributed by atoms with E-state index in [1.807, 2.05) is 35.6 Å². The minimum absolute atomic E-state index is 0.458. The number of thiophene rings is 1. The van der Waals surface area contributed by atoms with Crippen LogP contribution in [0.4, 0.5) is 0 Å². The molecule has 3 aromatic carbocycles. The van der Waals surface area contributed by atoms with Crippen molar-refractivity contribution in [2.24, 2.45) is 0 Å². The number of ether oxygens (including phenoxy) is 2. The van der Waals surface area contributed by atoms with Gasteiger partial charge in [-0.1, -0.05) is 61.2 Å². The number of hydrogen-bond donors (Lipinski definition) is 0. The number of fused-ring (bicyclic) bond motifs is 1. The van der Waals surface area contributed by atoms with Crippen molar-refractivity contribution in [2.45, 2.75) is 13.0 Å². The maximum atomic E-state index is 6.05. The van der Waals surface area contributed by atoms with Crippen LogP contribution in [0, 0.1) is 0 Å². The minimum atomic E-state index is 0.458. The first-order valence-electron chi connectivity index (χ1n) is 9.43. The predicted octanol–water partition coefficient (Wildman–Crippen LogP) is 7.40. The molecule has 0 bridgehead atoms. The fourth-order valence-corrected chi connectivity index (χ4v) is 4.75. The van der Waals surface area contributed by atoms with E-state index in [0.29, 0.717) is 13.2 Å². The lowest BCUT2D eigenvalue weighted by atomic mass is 10.1. The summed E-state index contributed by atoms with van der Waals surface area (Å²) in [5.41, 5.74) is 2.25. The molecule has 0 N–H and O–H groups in total. The first-order chi connectivity index (χ1) is 14.2. The van der Waals surface area contributed by atoms with E-state index in [0.717, 1.165) is 33.5 Å². The minimum Gasteiger partial charge on any atom is -0.489 e. The Bertz CT molecular complexity index is 1090. The van der Waals surface area contributed by atoms with Gasteiger partial charge in [-0.15, -0.1) is 11.3 Å². The zero-order chi connectivity index (χ0) is 20.1. The summed E-state index contributed by atoms with van der Waals surface area (Å²) in [7, 11) is 0. The number of hydrogen-bond acceptors (Lipinski definition) is 3. The van der Waals surface area contributed by atoms with Crippen LogP contribution in [0.3, 0.4) is 0 Å². The molecule has 0 fully saturated rings. The largest absolute Gasteiger partial charge is 0.489 e. The molecule has 0 amide bonds. The summed E-state index contributed by atoms with van der Waals surface area (Å²) in [6.07, 6.45) is 2.57. The van der Waals surface area contributed by atoms with E-state index >= 15 is 0 Å². The van der Waals surface area contributed by atoms with Crippen molar-refractivity contribution in [2.75, 3.05) is 6.61 Å². The summed E-state index contributed by atoms with van der Waals surface area (Å²) in [4.78, 5) is 1.31. The molecule has 0 saturated heterocycles. The van der Waals surface area contributed by atoms with Gasteiger partial charge in [0.2, 0.25) is 0 Å². The van der Waals surface area contributed by atoms with Crippen molar-refractivity contribution in [3.05, 3.63) is 106 Å². The molecule has 0 atom stereocenters. The van der Waals surface area contributed by atoms with E-state index in [2.05, 4.69) is 71.0 Å². The molecule has 0 aliphatic rings. The Balaban J connectivity index is 1.60. The van der Waals surface area contributed by atoms with Gasteiger partial charge in [-0.2, -0.15) is 0 Å². The van der Waals surface area contributed by atoms with Crippen molar-refractivity contribution in [3.63, 3.8) is 0 Å². The van der Waals surface area contributed by atoms with E-state index in [1.165, 1.54) is 15.0 Å². The maximum absolute atomic E-state index is 6.05. The van der Waals surface area contributed by atoms with Crippen LogP contribution in [0.25, 0.3) is 10.1 Å². The molecule has 29 heavy (non-hydrogen) atoms. The van der Waals surface area contributed by atoms with Gasteiger partial charge in [-0.25, -0.2) is 0 Å². The Morgan fingerprint density at radius 1 is 0.897 bits per heavy atom. The summed E-state index contributed by atoms with van der Waals surface area (Å²) in [5, 5.41) is 1.28. The van der Waals surface area contributed by atoms with E-state index in [9.17, 15) is 0 Å². The normalized spacial score (nSPS) is 10.8. The highest BCUT2D eigenvalue weighted by atomic mass is 79.9. The van der Waals surface area contributed by atoms with E-state index < -0.39 is 0 Å². The Morgan fingerprint density at radius 2 is 1.69 bits per heavy atom. The molecular weight excluding hydrogens is 444 g/mol. The van der Waals surface area contributed by atoms with Gasteiger partial charge in [0, 0.05) is 27.6 Å². The Labute approximate surface area is 183 Å². The molecular formula is C25H21BrO2S. The summed E-state index contributed by atoms with van der Waals surface area (Å²) < 4.78 is 14.2. The third-order valence-corrected chi connectivity index (χ3v) is 6.29. The van der Waals surface area contributed by atoms with Gasteiger partial charge >= 0.3 is 0 Å². The monoisotopic (exact) mass is 464 g/mol. The summed E-state index contributed by atoms with van der Waals surface area (Å²) in [5.74, 6) is 1.60. The summed E-state index contributed by atoms with van der Waals surface area (Å²) in [6, 6.07) is 24.9. The highest BCUT2D eigenvalue weighted by Crippen LogP contribution is 2.36. The van der Waals surface area contributed by atoms with Gasteiger partial charge in [0.15, 0.2) is 0 Å². The van der Waals surface area contributed by atoms with Crippen LogP contribution in [0.1, 0.15) is 16.0 Å². The molecule has 2 nitrogen and oxygen atoms in total. The molecule has 4 aromatic rings. The standard InChI is InChI=1S/C25H21BrO2S/c1-2-12-27-23-16-24(28-17-18-8-4-3-5-9-18)22(26)15-20(23)14-21-13-19-10-6-7-11-25(19)29-21/h2-11,13,15-16H,1,12,14,17H2. The second-order valence-electron chi connectivity index (χ2n) is 6.69. The van der Waals surface area contributed by atoms with Crippen LogP contribution in [-0.2, 0) is 13.0 Å². The van der Waals surface area contributed by atoms with Crippen molar-refractivity contribution in [1.29, 1.82) is 0 Å². The van der Waals surface area contributed by atoms with E-state index in [1.54, 1.807) is 6.08 Å². The molecule has 146 valence electrons. The van der Waals surface area contributed by atoms with Crippen LogP contribution < -0.4 is 9.47 Å². The lowest BCUT2D eigenvalue weighted by Crippen LogP contribution is -2.01. The molecule has 1 aromatic heterocycles. The predicted molar refractivity (Wildman–Crippen MR) is 125 cm³/mol. The average molecular weight is 465 g/mol. The third kappa shape index (κ3) is 4.89. The van der Waals surface area contributed by atoms with Crippen LogP contribution in [0.15, 0.2) is 89.9 Å². The quantitative estimate of drug-likeness (QED) is 0.253. The smallest absolute Gasteiger partial charge is 0.137 e. The van der Waals surface area contributed by atoms with Gasteiger partial charge in [0.1, 0.15) is 24.7 Å². The number of benzene rings is 3. The van der Waals surface area contributed by atoms with Crippen molar-refractivity contribution in [3.8, 4) is 11.5 Å². The van der Waals surface area contributed by atoms with Crippen LogP contribution in [0.2, 0.25) is 0 Å². The van der Waals surface area contributed by atoms with Gasteiger partial charge in [0.25, 0.3) is 0 Å². The van der Waals surface area contributed by atoms with Gasteiger partial charge < -0.3 is 9.47 Å². The number of rotatable bonds is 8. The fourth-order valence-electron chi connectivity index (χ4n) is 3.15. The zero-order valence-corrected chi connectivity index (χ0v) is 18.3. The fraction of sp³-hybridized carbons (Fsp3) is 0.120. The first-order valence-corrected chi connectivity index (χ1v) is 11.0. The number of halogens is 1. The molecule has 4 rings (SSSR count). The lowest BCUT2D eigenvalue weighted by Gasteiger charge is -2.15. The van der Waals surface area contributed by atoms with Gasteiger partial charge in [0.05, 0.1) is 4.47 Å². The Morgan fingerprint density at radius 3 is 2.48 bits per heavy atom.